The number of alkyl halides is 1. The summed E-state index contributed by atoms with van der Waals surface area (Å²) in [6, 6.07) is 5.21. The molecule has 13 heteroatoms. The van der Waals surface area contributed by atoms with Crippen LogP contribution in [0.1, 0.15) is 48.1 Å². The molecule has 4 aliphatic rings. The zero-order valence-electron chi connectivity index (χ0n) is 25.4. The van der Waals surface area contributed by atoms with E-state index >= 15 is 0 Å². The number of hydrogen-bond acceptors (Lipinski definition) is 8. The summed E-state index contributed by atoms with van der Waals surface area (Å²) in [5.74, 6) is -1.72. The smallest absolute Gasteiger partial charge is 0.318 e. The third-order valence-corrected chi connectivity index (χ3v) is 9.93. The highest BCUT2D eigenvalue weighted by molar-refractivity contribution is 6.30. The van der Waals surface area contributed by atoms with E-state index in [4.69, 9.17) is 26.3 Å². The minimum Gasteiger partial charge on any atom is -0.462 e. The van der Waals surface area contributed by atoms with Crippen LogP contribution < -0.4 is 15.0 Å². The molecule has 0 saturated carbocycles. The number of rotatable bonds is 6. The van der Waals surface area contributed by atoms with Crippen molar-refractivity contribution in [3.05, 3.63) is 51.9 Å². The summed E-state index contributed by atoms with van der Waals surface area (Å²) in [7, 11) is 1.85. The van der Waals surface area contributed by atoms with Crippen molar-refractivity contribution in [2.24, 2.45) is 0 Å². The molecule has 2 saturated heterocycles. The predicted octanol–water partition coefficient (Wildman–Crippen LogP) is 4.04. The second-order valence-corrected chi connectivity index (χ2v) is 13.0. The van der Waals surface area contributed by atoms with E-state index < -0.39 is 29.4 Å². The van der Waals surface area contributed by atoms with E-state index in [2.05, 4.69) is 18.0 Å². The number of amides is 2. The maximum absolute atomic E-state index is 14.1. The number of nitriles is 1. The van der Waals surface area contributed by atoms with Crippen molar-refractivity contribution in [3.8, 4) is 12.1 Å². The molecule has 2 amide bonds. The Morgan fingerprint density at radius 2 is 2.09 bits per heavy atom. The Morgan fingerprint density at radius 1 is 1.29 bits per heavy atom. The number of likely N-dealkylation sites (N-methyl/N-ethyl adjacent to an activating group) is 1. The van der Waals surface area contributed by atoms with E-state index in [9.17, 15) is 23.6 Å². The van der Waals surface area contributed by atoms with Crippen molar-refractivity contribution in [2.45, 2.75) is 69.1 Å². The molecule has 3 unspecified atom stereocenters. The topological polar surface area (TPSA) is 115 Å². The number of piperazine rings is 1. The number of benzene rings is 1. The molecule has 0 radical (unpaired) electrons. The number of hydrogen-bond donors (Lipinski definition) is 1. The van der Waals surface area contributed by atoms with Crippen LogP contribution >= 0.6 is 11.6 Å². The minimum absolute atomic E-state index is 0.0308. The van der Waals surface area contributed by atoms with Crippen LogP contribution in [0.4, 0.5) is 20.3 Å². The van der Waals surface area contributed by atoms with Crippen molar-refractivity contribution in [1.29, 1.82) is 5.26 Å². The number of nitrogens with one attached hydrogen (secondary N) is 1. The molecule has 3 aliphatic heterocycles. The van der Waals surface area contributed by atoms with Gasteiger partial charge in [-0.3, -0.25) is 14.5 Å². The van der Waals surface area contributed by atoms with Gasteiger partial charge in [0.15, 0.2) is 11.6 Å². The molecule has 1 spiro atoms. The van der Waals surface area contributed by atoms with Gasteiger partial charge in [-0.1, -0.05) is 18.2 Å². The summed E-state index contributed by atoms with van der Waals surface area (Å²) >= 11 is 6.51. The Labute approximate surface area is 266 Å². The molecule has 0 bridgehead atoms. The van der Waals surface area contributed by atoms with Crippen LogP contribution in [0, 0.1) is 18.3 Å². The van der Waals surface area contributed by atoms with Crippen LogP contribution in [0.15, 0.2) is 24.5 Å². The Morgan fingerprint density at radius 3 is 2.80 bits per heavy atom. The minimum atomic E-state index is -1.09. The van der Waals surface area contributed by atoms with Crippen molar-refractivity contribution in [1.82, 2.24) is 19.8 Å². The van der Waals surface area contributed by atoms with Crippen LogP contribution in [0.2, 0.25) is 5.02 Å². The molecule has 1 aromatic heterocycles. The van der Waals surface area contributed by atoms with Crippen molar-refractivity contribution in [2.75, 3.05) is 50.1 Å². The second-order valence-electron chi connectivity index (χ2n) is 12.6. The number of aryl methyl sites for hydroxylation is 1. The first-order valence-corrected chi connectivity index (χ1v) is 15.6. The number of fused-ring (bicyclic) bond motifs is 3. The Hall–Kier alpha value is -3.82. The Balaban J connectivity index is 1.39. The lowest BCUT2D eigenvalue weighted by Crippen LogP contribution is -2.56. The van der Waals surface area contributed by atoms with E-state index in [-0.39, 0.29) is 50.6 Å². The van der Waals surface area contributed by atoms with Gasteiger partial charge in [-0.05, 0) is 68.5 Å². The zero-order valence-corrected chi connectivity index (χ0v) is 26.2. The maximum atomic E-state index is 14.1. The van der Waals surface area contributed by atoms with Crippen molar-refractivity contribution < 1.29 is 23.1 Å². The Kier molecular flexibility index (Phi) is 8.43. The largest absolute Gasteiger partial charge is 0.462 e. The first-order valence-electron chi connectivity index (χ1n) is 15.3. The lowest BCUT2D eigenvalue weighted by molar-refractivity contribution is -0.131. The van der Waals surface area contributed by atoms with Crippen LogP contribution in [0.25, 0.3) is 0 Å². The van der Waals surface area contributed by atoms with Crippen LogP contribution in [0.5, 0.6) is 6.01 Å². The number of ether oxygens (including phenoxy) is 1. The third kappa shape index (κ3) is 5.72. The van der Waals surface area contributed by atoms with Gasteiger partial charge in [0.1, 0.15) is 18.5 Å². The summed E-state index contributed by atoms with van der Waals surface area (Å²) in [6.07, 6.45) is 1.96. The quantitative estimate of drug-likeness (QED) is 0.471. The number of aromatic nitrogens is 2. The lowest BCUT2D eigenvalue weighted by atomic mass is 9.65. The number of halogens is 3. The molecular weight excluding hydrogens is 604 g/mol. The SMILES string of the molecule is C=C(F)C(=O)N1CCN(c2nc(OC[C@@H]3CC(F)CN3C)nc3c2NC(=O)C2(CCCc4c(C)cc(Cl)cc42)C3)CC1CC#N. The highest BCUT2D eigenvalue weighted by Gasteiger charge is 2.49. The van der Waals surface area contributed by atoms with E-state index in [1.807, 2.05) is 35.9 Å². The van der Waals surface area contributed by atoms with Gasteiger partial charge in [-0.2, -0.15) is 15.2 Å². The standard InChI is InChI=1S/C32H36ClF2N7O3/c1-18-11-20(33)12-25-24(18)5-4-7-32(25)14-26-27(38-30(32)44)28(39-31(37-26)45-17-23-13-21(35)15-40(23)3)41-9-10-42(29(43)19(2)34)22(16-41)6-8-36/h11-12,21-23H,2,4-7,9-10,13-17H2,1,3H3,(H,38,44)/t21?,22?,23-,32?/m0/s1. The van der Waals surface area contributed by atoms with Gasteiger partial charge < -0.3 is 19.9 Å². The van der Waals surface area contributed by atoms with Gasteiger partial charge in [-0.15, -0.1) is 0 Å². The summed E-state index contributed by atoms with van der Waals surface area (Å²) in [4.78, 5) is 41.3. The zero-order chi connectivity index (χ0) is 32.0. The van der Waals surface area contributed by atoms with E-state index in [0.29, 0.717) is 48.0 Å². The molecule has 10 nitrogen and oxygen atoms in total. The Bertz CT molecular complexity index is 1600. The molecule has 45 heavy (non-hydrogen) atoms. The number of carbonyl (C=O) groups is 2. The molecule has 6 rings (SSSR count). The fourth-order valence-electron chi connectivity index (χ4n) is 7.40. The molecule has 1 aromatic carbocycles. The van der Waals surface area contributed by atoms with Crippen LogP contribution in [0.3, 0.4) is 0 Å². The average molecular weight is 640 g/mol. The number of carbonyl (C=O) groups excluding carboxylic acids is 2. The number of anilines is 2. The molecule has 4 heterocycles. The van der Waals surface area contributed by atoms with Gasteiger partial charge in [0.25, 0.3) is 5.91 Å². The summed E-state index contributed by atoms with van der Waals surface area (Å²) < 4.78 is 34.0. The number of likely N-dealkylation sites (tertiary alicyclic amines) is 1. The van der Waals surface area contributed by atoms with Crippen LogP contribution in [-0.2, 0) is 27.8 Å². The summed E-state index contributed by atoms with van der Waals surface area (Å²) in [6.45, 7) is 6.21. The molecular formula is C32H36ClF2N7O3. The van der Waals surface area contributed by atoms with Gasteiger partial charge in [0, 0.05) is 43.7 Å². The maximum Gasteiger partial charge on any atom is 0.318 e. The molecule has 2 aromatic rings. The monoisotopic (exact) mass is 639 g/mol. The van der Waals surface area contributed by atoms with Gasteiger partial charge in [-0.25, -0.2) is 8.78 Å². The highest BCUT2D eigenvalue weighted by Crippen LogP contribution is 2.48. The number of nitrogens with zero attached hydrogens (tertiary/aromatic N) is 6. The second kappa shape index (κ2) is 12.2. The lowest BCUT2D eigenvalue weighted by Gasteiger charge is -2.44. The normalized spacial score (nSPS) is 26.2. The van der Waals surface area contributed by atoms with E-state index in [0.717, 1.165) is 29.5 Å². The first kappa shape index (κ1) is 31.2. The summed E-state index contributed by atoms with van der Waals surface area (Å²) in [5, 5.41) is 13.2. The van der Waals surface area contributed by atoms with Gasteiger partial charge in [0.2, 0.25) is 5.91 Å². The fourth-order valence-corrected chi connectivity index (χ4v) is 7.67. The van der Waals surface area contributed by atoms with Gasteiger partial charge in [0.05, 0.1) is 29.6 Å². The summed E-state index contributed by atoms with van der Waals surface area (Å²) in [5.41, 5.74) is 3.21. The molecule has 4 atom stereocenters. The van der Waals surface area contributed by atoms with Crippen LogP contribution in [-0.4, -0.2) is 89.7 Å². The molecule has 238 valence electrons. The highest BCUT2D eigenvalue weighted by atomic mass is 35.5. The molecule has 1 aliphatic carbocycles. The fraction of sp³-hybridized carbons (Fsp3) is 0.531. The predicted molar refractivity (Wildman–Crippen MR) is 165 cm³/mol. The first-order chi connectivity index (χ1) is 21.5. The van der Waals surface area contributed by atoms with E-state index in [1.54, 1.807) is 0 Å². The molecule has 2 fully saturated rings. The van der Waals surface area contributed by atoms with Crippen molar-refractivity contribution in [3.63, 3.8) is 0 Å². The average Bonchev–Trinajstić information content (AvgIpc) is 3.33. The third-order valence-electron chi connectivity index (χ3n) is 9.71. The molecule has 1 N–H and O–H groups in total. The van der Waals surface area contributed by atoms with E-state index in [1.165, 1.54) is 4.90 Å². The van der Waals surface area contributed by atoms with Gasteiger partial charge >= 0.3 is 6.01 Å². The van der Waals surface area contributed by atoms with Crippen molar-refractivity contribution >= 4 is 34.9 Å².